The van der Waals surface area contributed by atoms with E-state index >= 15 is 0 Å². The summed E-state index contributed by atoms with van der Waals surface area (Å²) in [4.78, 5) is 15.5. The van der Waals surface area contributed by atoms with Crippen LogP contribution in [-0.4, -0.2) is 17.6 Å². The molecule has 0 aromatic carbocycles. The zero-order valence-corrected chi connectivity index (χ0v) is 10.8. The van der Waals surface area contributed by atoms with Crippen LogP contribution in [0.1, 0.15) is 44.1 Å². The van der Waals surface area contributed by atoms with E-state index in [1.165, 1.54) is 17.6 Å². The molecule has 1 aliphatic rings. The van der Waals surface area contributed by atoms with Crippen molar-refractivity contribution in [2.75, 3.05) is 6.61 Å². The predicted molar refractivity (Wildman–Crippen MR) is 70.2 cm³/mol. The normalized spacial score (nSPS) is 21.8. The molecule has 3 heteroatoms. The second-order valence-electron chi connectivity index (χ2n) is 4.63. The summed E-state index contributed by atoms with van der Waals surface area (Å²) in [5, 5.41) is 0. The standard InChI is InChI=1S/C15H19NO2/c1-2-18-15(17)11-12-4-3-5-14(10-12)13-6-8-16-9-7-13/h6-9,11,14H,2-5,10H2,1H3/t14-/m1/s1. The number of hydrogen-bond acceptors (Lipinski definition) is 3. The van der Waals surface area contributed by atoms with Crippen molar-refractivity contribution in [1.82, 2.24) is 4.98 Å². The first kappa shape index (κ1) is 12.8. The van der Waals surface area contributed by atoms with Gasteiger partial charge in [-0.1, -0.05) is 5.57 Å². The Morgan fingerprint density at radius 3 is 3.00 bits per heavy atom. The monoisotopic (exact) mass is 245 g/mol. The molecule has 0 radical (unpaired) electrons. The highest BCUT2D eigenvalue weighted by Crippen LogP contribution is 2.35. The molecule has 1 saturated carbocycles. The summed E-state index contributed by atoms with van der Waals surface area (Å²) in [5.74, 6) is 0.310. The molecule has 1 aliphatic carbocycles. The quantitative estimate of drug-likeness (QED) is 0.606. The Morgan fingerprint density at radius 1 is 1.50 bits per heavy atom. The van der Waals surface area contributed by atoms with Gasteiger partial charge >= 0.3 is 5.97 Å². The molecule has 1 aromatic rings. The van der Waals surface area contributed by atoms with Gasteiger partial charge in [-0.2, -0.15) is 0 Å². The van der Waals surface area contributed by atoms with Gasteiger partial charge in [-0.25, -0.2) is 4.79 Å². The van der Waals surface area contributed by atoms with Gasteiger partial charge < -0.3 is 4.74 Å². The molecular weight excluding hydrogens is 226 g/mol. The van der Waals surface area contributed by atoms with Crippen molar-refractivity contribution >= 4 is 5.97 Å². The number of hydrogen-bond donors (Lipinski definition) is 0. The smallest absolute Gasteiger partial charge is 0.330 e. The van der Waals surface area contributed by atoms with Crippen LogP contribution in [0, 0.1) is 0 Å². The summed E-state index contributed by atoms with van der Waals surface area (Å²) in [7, 11) is 0. The summed E-state index contributed by atoms with van der Waals surface area (Å²) in [6, 6.07) is 4.13. The summed E-state index contributed by atoms with van der Waals surface area (Å²) in [6.45, 7) is 2.27. The Hall–Kier alpha value is -1.64. The van der Waals surface area contributed by atoms with E-state index in [-0.39, 0.29) is 5.97 Å². The van der Waals surface area contributed by atoms with Crippen LogP contribution in [0.15, 0.2) is 36.2 Å². The minimum Gasteiger partial charge on any atom is -0.463 e. The van der Waals surface area contributed by atoms with Crippen LogP contribution in [0.4, 0.5) is 0 Å². The number of esters is 1. The van der Waals surface area contributed by atoms with Gasteiger partial charge in [0.25, 0.3) is 0 Å². The number of aromatic nitrogens is 1. The molecule has 1 atom stereocenters. The zero-order valence-electron chi connectivity index (χ0n) is 10.8. The first-order valence-corrected chi connectivity index (χ1v) is 6.55. The molecule has 1 fully saturated rings. The third-order valence-corrected chi connectivity index (χ3v) is 3.35. The van der Waals surface area contributed by atoms with E-state index in [2.05, 4.69) is 17.1 Å². The fraction of sp³-hybridized carbons (Fsp3) is 0.467. The Kier molecular flexibility index (Phi) is 4.51. The van der Waals surface area contributed by atoms with Crippen LogP contribution in [0.25, 0.3) is 0 Å². The molecule has 2 rings (SSSR count). The number of rotatable bonds is 3. The summed E-state index contributed by atoms with van der Waals surface area (Å²) < 4.78 is 4.96. The van der Waals surface area contributed by atoms with Crippen molar-refractivity contribution in [3.8, 4) is 0 Å². The lowest BCUT2D eigenvalue weighted by atomic mass is 9.81. The molecule has 96 valence electrons. The van der Waals surface area contributed by atoms with E-state index in [4.69, 9.17) is 4.74 Å². The Balaban J connectivity index is 2.03. The van der Waals surface area contributed by atoms with Gasteiger partial charge in [0.1, 0.15) is 0 Å². The number of carbonyl (C=O) groups is 1. The topological polar surface area (TPSA) is 39.2 Å². The van der Waals surface area contributed by atoms with Crippen LogP contribution in [0.2, 0.25) is 0 Å². The lowest BCUT2D eigenvalue weighted by Gasteiger charge is -2.24. The average molecular weight is 245 g/mol. The average Bonchev–Trinajstić information content (AvgIpc) is 2.40. The van der Waals surface area contributed by atoms with E-state index in [1.807, 2.05) is 19.3 Å². The molecule has 0 saturated heterocycles. The largest absolute Gasteiger partial charge is 0.463 e. The van der Waals surface area contributed by atoms with Gasteiger partial charge in [0.15, 0.2) is 0 Å². The van der Waals surface area contributed by atoms with Crippen LogP contribution in [0.5, 0.6) is 0 Å². The third-order valence-electron chi connectivity index (χ3n) is 3.35. The molecule has 1 aromatic heterocycles. The van der Waals surface area contributed by atoms with Gasteiger partial charge in [0.2, 0.25) is 0 Å². The van der Waals surface area contributed by atoms with Crippen LogP contribution in [0.3, 0.4) is 0 Å². The second kappa shape index (κ2) is 6.34. The van der Waals surface area contributed by atoms with Crippen molar-refractivity contribution in [1.29, 1.82) is 0 Å². The van der Waals surface area contributed by atoms with E-state index in [9.17, 15) is 4.79 Å². The molecular formula is C15H19NO2. The molecule has 0 amide bonds. The summed E-state index contributed by atoms with van der Waals surface area (Å²) >= 11 is 0. The summed E-state index contributed by atoms with van der Waals surface area (Å²) in [5.41, 5.74) is 2.53. The second-order valence-corrected chi connectivity index (χ2v) is 4.63. The maximum Gasteiger partial charge on any atom is 0.330 e. The molecule has 0 N–H and O–H groups in total. The van der Waals surface area contributed by atoms with Gasteiger partial charge in [-0.05, 0) is 56.2 Å². The lowest BCUT2D eigenvalue weighted by Crippen LogP contribution is -2.09. The fourth-order valence-corrected chi connectivity index (χ4v) is 2.50. The Labute approximate surface area is 108 Å². The van der Waals surface area contributed by atoms with Crippen molar-refractivity contribution in [2.45, 2.75) is 38.5 Å². The molecule has 18 heavy (non-hydrogen) atoms. The number of carbonyl (C=O) groups excluding carboxylic acids is 1. The Morgan fingerprint density at radius 2 is 2.28 bits per heavy atom. The molecule has 0 aliphatic heterocycles. The molecule has 0 unspecified atom stereocenters. The molecule has 0 bridgehead atoms. The van der Waals surface area contributed by atoms with Gasteiger partial charge in [-0.15, -0.1) is 0 Å². The maximum absolute atomic E-state index is 11.4. The fourth-order valence-electron chi connectivity index (χ4n) is 2.50. The predicted octanol–water partition coefficient (Wildman–Crippen LogP) is 3.23. The van der Waals surface area contributed by atoms with Crippen molar-refractivity contribution in [2.24, 2.45) is 0 Å². The van der Waals surface area contributed by atoms with Crippen molar-refractivity contribution in [3.63, 3.8) is 0 Å². The SMILES string of the molecule is CCOC(=O)C=C1CCC[C@@H](c2ccncc2)C1. The first-order chi connectivity index (χ1) is 8.79. The van der Waals surface area contributed by atoms with E-state index in [1.54, 1.807) is 6.08 Å². The van der Waals surface area contributed by atoms with E-state index in [0.717, 1.165) is 19.3 Å². The number of nitrogens with zero attached hydrogens (tertiary/aromatic N) is 1. The highest BCUT2D eigenvalue weighted by atomic mass is 16.5. The minimum atomic E-state index is -0.206. The van der Waals surface area contributed by atoms with Gasteiger partial charge in [0, 0.05) is 18.5 Å². The highest BCUT2D eigenvalue weighted by Gasteiger charge is 2.19. The molecule has 1 heterocycles. The molecule has 3 nitrogen and oxygen atoms in total. The van der Waals surface area contributed by atoms with E-state index in [0.29, 0.717) is 12.5 Å². The first-order valence-electron chi connectivity index (χ1n) is 6.55. The van der Waals surface area contributed by atoms with Crippen LogP contribution < -0.4 is 0 Å². The third kappa shape index (κ3) is 3.42. The zero-order chi connectivity index (χ0) is 12.8. The number of ether oxygens (including phenoxy) is 1. The number of pyridine rings is 1. The maximum atomic E-state index is 11.4. The van der Waals surface area contributed by atoms with Crippen molar-refractivity contribution < 1.29 is 9.53 Å². The van der Waals surface area contributed by atoms with Gasteiger partial charge in [-0.3, -0.25) is 4.98 Å². The minimum absolute atomic E-state index is 0.206. The van der Waals surface area contributed by atoms with E-state index < -0.39 is 0 Å². The van der Waals surface area contributed by atoms with Crippen LogP contribution in [-0.2, 0) is 9.53 Å². The Bertz CT molecular complexity index is 425. The molecule has 0 spiro atoms. The van der Waals surface area contributed by atoms with Gasteiger partial charge in [0.05, 0.1) is 6.61 Å². The number of allylic oxidation sites excluding steroid dienone is 1. The highest BCUT2D eigenvalue weighted by molar-refractivity contribution is 5.82. The summed E-state index contributed by atoms with van der Waals surface area (Å²) in [6.07, 6.45) is 9.64. The van der Waals surface area contributed by atoms with Crippen LogP contribution >= 0.6 is 0 Å². The van der Waals surface area contributed by atoms with Crippen molar-refractivity contribution in [3.05, 3.63) is 41.7 Å². The lowest BCUT2D eigenvalue weighted by molar-refractivity contribution is -0.137.